The lowest BCUT2D eigenvalue weighted by atomic mass is 10.0. The zero-order valence-corrected chi connectivity index (χ0v) is 21.1. The Morgan fingerprint density at radius 3 is 2.54 bits per heavy atom. The number of amides is 1. The van der Waals surface area contributed by atoms with E-state index in [2.05, 4.69) is 20.3 Å². The summed E-state index contributed by atoms with van der Waals surface area (Å²) in [6.45, 7) is 9.04. The molecule has 1 aliphatic heterocycles. The summed E-state index contributed by atoms with van der Waals surface area (Å²) >= 11 is 0. The molecular weight excluding hydrogens is 491 g/mol. The number of H-pyrrole nitrogens is 1. The minimum Gasteiger partial charge on any atom is -0.481 e. The molecule has 1 atom stereocenters. The molecule has 1 saturated heterocycles. The van der Waals surface area contributed by atoms with Crippen molar-refractivity contribution in [1.29, 1.82) is 0 Å². The molecule has 1 fully saturated rings. The summed E-state index contributed by atoms with van der Waals surface area (Å²) in [5, 5.41) is 3.43. The summed E-state index contributed by atoms with van der Waals surface area (Å²) < 4.78 is 52.2. The highest BCUT2D eigenvalue weighted by atomic mass is 19.3. The molecule has 0 bridgehead atoms. The van der Waals surface area contributed by atoms with Gasteiger partial charge in [0.2, 0.25) is 0 Å². The zero-order chi connectivity index (χ0) is 27.1. The summed E-state index contributed by atoms with van der Waals surface area (Å²) in [5.74, 6) is -0.401. The van der Waals surface area contributed by atoms with Gasteiger partial charge in [-0.15, -0.1) is 0 Å². The van der Waals surface area contributed by atoms with E-state index in [9.17, 15) is 22.8 Å². The number of hydrogen-bond acceptors (Lipinski definition) is 7. The van der Waals surface area contributed by atoms with Gasteiger partial charge in [0.1, 0.15) is 34.8 Å². The fourth-order valence-electron chi connectivity index (χ4n) is 3.90. The molecular formula is C25H28F3N5O4. The molecule has 9 nitrogen and oxygen atoms in total. The topological polar surface area (TPSA) is 109 Å². The highest BCUT2D eigenvalue weighted by Gasteiger charge is 2.35. The maximum Gasteiger partial charge on any atom is 0.410 e. The van der Waals surface area contributed by atoms with Crippen LogP contribution in [-0.4, -0.2) is 50.7 Å². The van der Waals surface area contributed by atoms with Crippen molar-refractivity contribution in [2.45, 2.75) is 58.8 Å². The Bertz CT molecular complexity index is 1380. The summed E-state index contributed by atoms with van der Waals surface area (Å²) in [6.07, 6.45) is -3.83. The summed E-state index contributed by atoms with van der Waals surface area (Å²) in [6, 6.07) is 4.55. The number of carbonyl (C=O) groups excluding carboxylic acids is 1. The molecule has 1 amide bonds. The lowest BCUT2D eigenvalue weighted by Crippen LogP contribution is -2.57. The van der Waals surface area contributed by atoms with Crippen molar-refractivity contribution in [1.82, 2.24) is 19.9 Å². The van der Waals surface area contributed by atoms with Crippen molar-refractivity contribution < 1.29 is 27.4 Å². The largest absolute Gasteiger partial charge is 0.481 e. The molecule has 0 radical (unpaired) electrons. The number of anilines is 1. The standard InChI is InChI=1S/C25H28F3N5O4/c1-12(15-7-6-8-16(19(15)26)20(27)28)29-21-17-9-18(23(34)32-22(17)31-13(2)30-21)36-14-10-33(11-14)24(35)37-25(3,4)5/h6-9,12,14,20H,10-11H2,1-5H3,(H2,29,30,31,32,34)/t12-/m1/s1. The van der Waals surface area contributed by atoms with Gasteiger partial charge in [-0.3, -0.25) is 4.79 Å². The fourth-order valence-corrected chi connectivity index (χ4v) is 3.90. The van der Waals surface area contributed by atoms with Gasteiger partial charge in [-0.05, 0) is 34.6 Å². The molecule has 198 valence electrons. The molecule has 1 aromatic carbocycles. The number of nitrogens with one attached hydrogen (secondary N) is 2. The third-order valence-electron chi connectivity index (χ3n) is 5.70. The Morgan fingerprint density at radius 2 is 1.89 bits per heavy atom. The van der Waals surface area contributed by atoms with Gasteiger partial charge in [0.25, 0.3) is 12.0 Å². The number of pyridine rings is 1. The number of benzene rings is 1. The monoisotopic (exact) mass is 519 g/mol. The van der Waals surface area contributed by atoms with Gasteiger partial charge in [0.05, 0.1) is 30.1 Å². The Morgan fingerprint density at radius 1 is 1.22 bits per heavy atom. The highest BCUT2D eigenvalue weighted by molar-refractivity contribution is 5.87. The van der Waals surface area contributed by atoms with Crippen molar-refractivity contribution in [2.75, 3.05) is 18.4 Å². The number of ether oxygens (including phenoxy) is 2. The minimum atomic E-state index is -2.95. The quantitative estimate of drug-likeness (QED) is 0.478. The molecule has 37 heavy (non-hydrogen) atoms. The molecule has 0 aliphatic carbocycles. The van der Waals surface area contributed by atoms with Crippen LogP contribution in [-0.2, 0) is 4.74 Å². The van der Waals surface area contributed by atoms with Gasteiger partial charge in [-0.1, -0.05) is 18.2 Å². The Kier molecular flexibility index (Phi) is 7.03. The number of hydrogen-bond donors (Lipinski definition) is 2. The van der Waals surface area contributed by atoms with Crippen LogP contribution in [0.3, 0.4) is 0 Å². The molecule has 3 heterocycles. The van der Waals surface area contributed by atoms with E-state index >= 15 is 0 Å². The number of fused-ring (bicyclic) bond motifs is 1. The summed E-state index contributed by atoms with van der Waals surface area (Å²) in [7, 11) is 0. The van der Waals surface area contributed by atoms with Crippen LogP contribution in [0.1, 0.15) is 57.1 Å². The molecule has 0 spiro atoms. The molecule has 3 aromatic rings. The van der Waals surface area contributed by atoms with Gasteiger partial charge in [0, 0.05) is 11.6 Å². The first-order valence-electron chi connectivity index (χ1n) is 11.7. The van der Waals surface area contributed by atoms with Crippen LogP contribution in [0.25, 0.3) is 11.0 Å². The Labute approximate surface area is 211 Å². The van der Waals surface area contributed by atoms with Crippen LogP contribution in [0.15, 0.2) is 29.1 Å². The second-order valence-corrected chi connectivity index (χ2v) is 9.89. The van der Waals surface area contributed by atoms with Crippen molar-refractivity contribution >= 4 is 22.9 Å². The summed E-state index contributed by atoms with van der Waals surface area (Å²) in [5.41, 5.74) is -1.56. The molecule has 12 heteroatoms. The van der Waals surface area contributed by atoms with E-state index in [1.165, 1.54) is 23.1 Å². The van der Waals surface area contributed by atoms with Crippen LogP contribution in [0.4, 0.5) is 23.8 Å². The van der Waals surface area contributed by atoms with Crippen LogP contribution in [0.2, 0.25) is 0 Å². The average Bonchev–Trinajstić information content (AvgIpc) is 2.74. The van der Waals surface area contributed by atoms with Crippen molar-refractivity contribution in [2.24, 2.45) is 0 Å². The molecule has 1 aliphatic rings. The zero-order valence-electron chi connectivity index (χ0n) is 21.1. The maximum absolute atomic E-state index is 14.7. The second-order valence-electron chi connectivity index (χ2n) is 9.89. The third-order valence-corrected chi connectivity index (χ3v) is 5.70. The predicted octanol–water partition coefficient (Wildman–Crippen LogP) is 4.87. The van der Waals surface area contributed by atoms with E-state index in [4.69, 9.17) is 9.47 Å². The molecule has 2 N–H and O–H groups in total. The van der Waals surface area contributed by atoms with Crippen LogP contribution < -0.4 is 15.6 Å². The van der Waals surface area contributed by atoms with Gasteiger partial charge >= 0.3 is 6.09 Å². The van der Waals surface area contributed by atoms with Crippen LogP contribution >= 0.6 is 0 Å². The van der Waals surface area contributed by atoms with Gasteiger partial charge in [-0.2, -0.15) is 0 Å². The Balaban J connectivity index is 1.56. The summed E-state index contributed by atoms with van der Waals surface area (Å²) in [4.78, 5) is 37.5. The number of halogens is 3. The van der Waals surface area contributed by atoms with E-state index in [-0.39, 0.29) is 35.9 Å². The van der Waals surface area contributed by atoms with Gasteiger partial charge in [0.15, 0.2) is 5.75 Å². The average molecular weight is 520 g/mol. The number of nitrogens with zero attached hydrogens (tertiary/aromatic N) is 3. The first kappa shape index (κ1) is 26.2. The first-order valence-corrected chi connectivity index (χ1v) is 11.7. The highest BCUT2D eigenvalue weighted by Crippen LogP contribution is 2.31. The number of likely N-dealkylation sites (tertiary alicyclic amines) is 1. The SMILES string of the molecule is Cc1nc(N[C@H](C)c2cccc(C(F)F)c2F)c2cc(OC3CN(C(=O)OC(C)(C)C)C3)c(=O)[nH]c2n1. The normalized spacial score (nSPS) is 15.0. The second kappa shape index (κ2) is 9.91. The fraction of sp³-hybridized carbons (Fsp3) is 0.440. The minimum absolute atomic E-state index is 0.00428. The lowest BCUT2D eigenvalue weighted by Gasteiger charge is -2.39. The van der Waals surface area contributed by atoms with Crippen LogP contribution in [0, 0.1) is 12.7 Å². The molecule has 4 rings (SSSR count). The number of alkyl halides is 2. The third kappa shape index (κ3) is 5.78. The number of rotatable bonds is 6. The molecule has 0 saturated carbocycles. The van der Waals surface area contributed by atoms with E-state index in [1.54, 1.807) is 34.6 Å². The van der Waals surface area contributed by atoms with Gasteiger partial charge in [-0.25, -0.2) is 27.9 Å². The van der Waals surface area contributed by atoms with E-state index in [1.807, 2.05) is 0 Å². The lowest BCUT2D eigenvalue weighted by molar-refractivity contribution is -0.0224. The number of aryl methyl sites for hydroxylation is 1. The Hall–Kier alpha value is -3.83. The van der Waals surface area contributed by atoms with Gasteiger partial charge < -0.3 is 24.7 Å². The van der Waals surface area contributed by atoms with E-state index in [0.29, 0.717) is 11.2 Å². The number of aromatic amines is 1. The van der Waals surface area contributed by atoms with E-state index < -0.39 is 47.2 Å². The van der Waals surface area contributed by atoms with Crippen LogP contribution in [0.5, 0.6) is 5.75 Å². The number of aromatic nitrogens is 3. The first-order chi connectivity index (χ1) is 17.3. The maximum atomic E-state index is 14.7. The molecule has 2 aromatic heterocycles. The van der Waals surface area contributed by atoms with E-state index in [0.717, 1.165) is 6.07 Å². The van der Waals surface area contributed by atoms with Crippen molar-refractivity contribution in [3.05, 3.63) is 57.4 Å². The molecule has 0 unspecified atom stereocenters. The predicted molar refractivity (Wildman–Crippen MR) is 131 cm³/mol. The smallest absolute Gasteiger partial charge is 0.410 e. The number of carbonyl (C=O) groups is 1. The van der Waals surface area contributed by atoms with Crippen molar-refractivity contribution in [3.63, 3.8) is 0 Å². The van der Waals surface area contributed by atoms with Crippen molar-refractivity contribution in [3.8, 4) is 5.75 Å².